The van der Waals surface area contributed by atoms with Crippen LogP contribution in [-0.2, 0) is 14.8 Å². The maximum absolute atomic E-state index is 12.6. The van der Waals surface area contributed by atoms with Crippen LogP contribution < -0.4 is 5.32 Å². The molecule has 3 rings (SSSR count). The van der Waals surface area contributed by atoms with Crippen LogP contribution in [0.4, 0.5) is 4.79 Å². The zero-order valence-electron chi connectivity index (χ0n) is 17.2. The summed E-state index contributed by atoms with van der Waals surface area (Å²) in [6, 6.07) is 12.5. The highest BCUT2D eigenvalue weighted by molar-refractivity contribution is 8.18. The Morgan fingerprint density at radius 1 is 1.16 bits per heavy atom. The zero-order chi connectivity index (χ0) is 23.5. The number of sulfonamides is 1. The lowest BCUT2D eigenvalue weighted by atomic mass is 10.2. The smallest absolute Gasteiger partial charge is 0.293 e. The van der Waals surface area contributed by atoms with Gasteiger partial charge in [-0.2, -0.15) is 0 Å². The Kier molecular flexibility index (Phi) is 7.40. The molecule has 0 spiro atoms. The summed E-state index contributed by atoms with van der Waals surface area (Å²) in [5, 5.41) is 2.75. The lowest BCUT2D eigenvalue weighted by Gasteiger charge is -2.14. The quantitative estimate of drug-likeness (QED) is 0.594. The summed E-state index contributed by atoms with van der Waals surface area (Å²) in [6.07, 6.45) is 1.61. The second kappa shape index (κ2) is 9.86. The third kappa shape index (κ3) is 5.39. The van der Waals surface area contributed by atoms with E-state index in [0.29, 0.717) is 5.02 Å². The van der Waals surface area contributed by atoms with Crippen molar-refractivity contribution >= 4 is 56.5 Å². The summed E-state index contributed by atoms with van der Waals surface area (Å²) in [6.45, 7) is 0.0137. The Bertz CT molecular complexity index is 1190. The van der Waals surface area contributed by atoms with Crippen LogP contribution in [0.5, 0.6) is 0 Å². The summed E-state index contributed by atoms with van der Waals surface area (Å²) in [5.41, 5.74) is 0.894. The van der Waals surface area contributed by atoms with Crippen molar-refractivity contribution in [1.82, 2.24) is 14.5 Å². The SMILES string of the molecule is CN(C)S(=O)(=O)c1cccc(C(=O)NCCN2C(=O)S/C(=C\c3ccc(Cl)cc3)C2=O)c1. The number of halogens is 1. The molecule has 0 bridgehead atoms. The molecule has 1 N–H and O–H groups in total. The summed E-state index contributed by atoms with van der Waals surface area (Å²) in [5.74, 6) is -0.951. The van der Waals surface area contributed by atoms with E-state index >= 15 is 0 Å². The van der Waals surface area contributed by atoms with Crippen molar-refractivity contribution in [2.24, 2.45) is 0 Å². The fraction of sp³-hybridized carbons (Fsp3) is 0.190. The van der Waals surface area contributed by atoms with Crippen molar-refractivity contribution in [3.05, 3.63) is 69.6 Å². The molecule has 11 heteroatoms. The molecular weight excluding hydrogens is 474 g/mol. The molecule has 8 nitrogen and oxygen atoms in total. The zero-order valence-corrected chi connectivity index (χ0v) is 19.6. The van der Waals surface area contributed by atoms with Crippen LogP contribution in [-0.4, -0.2) is 61.9 Å². The summed E-state index contributed by atoms with van der Waals surface area (Å²) in [4.78, 5) is 38.5. The lowest BCUT2D eigenvalue weighted by Crippen LogP contribution is -2.37. The predicted octanol–water partition coefficient (Wildman–Crippen LogP) is 3.06. The number of amides is 3. The molecule has 0 aromatic heterocycles. The van der Waals surface area contributed by atoms with E-state index in [1.54, 1.807) is 30.3 Å². The lowest BCUT2D eigenvalue weighted by molar-refractivity contribution is -0.122. The average Bonchev–Trinajstić information content (AvgIpc) is 3.02. The van der Waals surface area contributed by atoms with Gasteiger partial charge in [0.1, 0.15) is 0 Å². The molecule has 2 aromatic rings. The number of carbonyl (C=O) groups excluding carboxylic acids is 3. The van der Waals surface area contributed by atoms with Gasteiger partial charge in [-0.15, -0.1) is 0 Å². The van der Waals surface area contributed by atoms with Crippen LogP contribution in [0.2, 0.25) is 5.02 Å². The van der Waals surface area contributed by atoms with Gasteiger partial charge < -0.3 is 5.32 Å². The van der Waals surface area contributed by atoms with E-state index in [1.807, 2.05) is 0 Å². The molecule has 0 unspecified atom stereocenters. The normalized spacial score (nSPS) is 15.6. The van der Waals surface area contributed by atoms with Gasteiger partial charge in [0, 0.05) is 37.8 Å². The molecule has 1 aliphatic heterocycles. The maximum atomic E-state index is 12.6. The van der Waals surface area contributed by atoms with E-state index in [2.05, 4.69) is 5.32 Å². The highest BCUT2D eigenvalue weighted by atomic mass is 35.5. The molecule has 1 heterocycles. The molecule has 2 aromatic carbocycles. The minimum atomic E-state index is -3.68. The van der Waals surface area contributed by atoms with E-state index in [4.69, 9.17) is 11.6 Å². The van der Waals surface area contributed by atoms with Crippen LogP contribution in [0.3, 0.4) is 0 Å². The van der Waals surface area contributed by atoms with Gasteiger partial charge >= 0.3 is 0 Å². The Hall–Kier alpha value is -2.66. The maximum Gasteiger partial charge on any atom is 0.293 e. The minimum absolute atomic E-state index is 0.00609. The first-order valence-electron chi connectivity index (χ1n) is 9.41. The van der Waals surface area contributed by atoms with Crippen molar-refractivity contribution in [2.75, 3.05) is 27.2 Å². The van der Waals surface area contributed by atoms with Crippen LogP contribution >= 0.6 is 23.4 Å². The standard InChI is InChI=1S/C21H20ClN3O5S2/c1-24(2)32(29,30)17-5-3-4-15(13-17)19(26)23-10-11-25-20(27)18(31-21(25)28)12-14-6-8-16(22)9-7-14/h3-9,12-13H,10-11H2,1-2H3,(H,23,26)/b18-12-. The Balaban J connectivity index is 1.62. The van der Waals surface area contributed by atoms with Gasteiger partial charge in [-0.25, -0.2) is 12.7 Å². The molecule has 1 fully saturated rings. The van der Waals surface area contributed by atoms with E-state index in [9.17, 15) is 22.8 Å². The van der Waals surface area contributed by atoms with Gasteiger partial charge in [-0.05, 0) is 53.7 Å². The number of nitrogens with zero attached hydrogens (tertiary/aromatic N) is 2. The molecule has 0 aliphatic carbocycles. The van der Waals surface area contributed by atoms with Crippen molar-refractivity contribution in [3.8, 4) is 0 Å². The summed E-state index contributed by atoms with van der Waals surface area (Å²) < 4.78 is 25.5. The number of thioether (sulfide) groups is 1. The Labute approximate surface area is 195 Å². The van der Waals surface area contributed by atoms with Gasteiger partial charge in [0.15, 0.2) is 0 Å². The number of rotatable bonds is 7. The van der Waals surface area contributed by atoms with Crippen LogP contribution in [0.25, 0.3) is 6.08 Å². The molecule has 3 amide bonds. The third-order valence-corrected chi connectivity index (χ3v) is 7.51. The van der Waals surface area contributed by atoms with Crippen LogP contribution in [0, 0.1) is 0 Å². The van der Waals surface area contributed by atoms with Gasteiger partial charge in [0.25, 0.3) is 17.1 Å². The molecule has 0 atom stereocenters. The van der Waals surface area contributed by atoms with Gasteiger partial charge in [-0.1, -0.05) is 29.8 Å². The van der Waals surface area contributed by atoms with Crippen molar-refractivity contribution in [2.45, 2.75) is 4.90 Å². The van der Waals surface area contributed by atoms with Gasteiger partial charge in [-0.3, -0.25) is 19.3 Å². The van der Waals surface area contributed by atoms with E-state index in [-0.39, 0.29) is 28.5 Å². The van der Waals surface area contributed by atoms with Crippen molar-refractivity contribution < 1.29 is 22.8 Å². The Morgan fingerprint density at radius 3 is 2.50 bits per heavy atom. The highest BCUT2D eigenvalue weighted by Gasteiger charge is 2.34. The topological polar surface area (TPSA) is 104 Å². The average molecular weight is 494 g/mol. The first kappa shape index (κ1) is 24.0. The van der Waals surface area contributed by atoms with E-state index in [1.165, 1.54) is 38.4 Å². The molecular formula is C21H20ClN3O5S2. The largest absolute Gasteiger partial charge is 0.350 e. The predicted molar refractivity (Wildman–Crippen MR) is 124 cm³/mol. The van der Waals surface area contributed by atoms with Gasteiger partial charge in [0.2, 0.25) is 10.0 Å². The molecule has 168 valence electrons. The first-order chi connectivity index (χ1) is 15.1. The molecule has 1 saturated heterocycles. The molecule has 0 radical (unpaired) electrons. The van der Waals surface area contributed by atoms with Gasteiger partial charge in [0.05, 0.1) is 9.80 Å². The Morgan fingerprint density at radius 2 is 1.84 bits per heavy atom. The van der Waals surface area contributed by atoms with Crippen LogP contribution in [0.1, 0.15) is 15.9 Å². The van der Waals surface area contributed by atoms with Crippen molar-refractivity contribution in [3.63, 3.8) is 0 Å². The fourth-order valence-corrected chi connectivity index (χ4v) is 4.73. The third-order valence-electron chi connectivity index (χ3n) is 4.54. The van der Waals surface area contributed by atoms with Crippen molar-refractivity contribution in [1.29, 1.82) is 0 Å². The van der Waals surface area contributed by atoms with E-state index in [0.717, 1.165) is 26.5 Å². The second-order valence-corrected chi connectivity index (χ2v) is 10.5. The number of imide groups is 1. The monoisotopic (exact) mass is 493 g/mol. The summed E-state index contributed by atoms with van der Waals surface area (Å²) >= 11 is 6.68. The molecule has 0 saturated carbocycles. The number of benzene rings is 2. The minimum Gasteiger partial charge on any atom is -0.350 e. The first-order valence-corrected chi connectivity index (χ1v) is 12.0. The number of carbonyl (C=O) groups is 3. The summed E-state index contributed by atoms with van der Waals surface area (Å²) in [7, 11) is -0.871. The number of hydrogen-bond donors (Lipinski definition) is 1. The van der Waals surface area contributed by atoms with Crippen LogP contribution in [0.15, 0.2) is 58.3 Å². The molecule has 32 heavy (non-hydrogen) atoms. The van der Waals surface area contributed by atoms with E-state index < -0.39 is 27.1 Å². The number of nitrogens with one attached hydrogen (secondary N) is 1. The highest BCUT2D eigenvalue weighted by Crippen LogP contribution is 2.32. The molecule has 1 aliphatic rings. The second-order valence-electron chi connectivity index (χ2n) is 6.96. The number of hydrogen-bond acceptors (Lipinski definition) is 6. The fourth-order valence-electron chi connectivity index (χ4n) is 2.80.